The Bertz CT molecular complexity index is 952. The van der Waals surface area contributed by atoms with E-state index in [1.807, 2.05) is 13.0 Å². The molecule has 0 unspecified atom stereocenters. The third-order valence-corrected chi connectivity index (χ3v) is 4.35. The Morgan fingerprint density at radius 3 is 2.83 bits per heavy atom. The first-order chi connectivity index (χ1) is 11.0. The Hall–Kier alpha value is -2.68. The monoisotopic (exact) mass is 333 g/mol. The molecule has 0 atom stereocenters. The predicted octanol–water partition coefficient (Wildman–Crippen LogP) is 1.56. The van der Waals surface area contributed by atoms with Crippen LogP contribution in [0.5, 0.6) is 5.75 Å². The third-order valence-electron chi connectivity index (χ3n) is 3.13. The molecular weight excluding hydrogens is 318 g/mol. The van der Waals surface area contributed by atoms with Gasteiger partial charge in [0.1, 0.15) is 5.75 Å². The second-order valence-corrected chi connectivity index (χ2v) is 6.35. The molecule has 0 aliphatic heterocycles. The second kappa shape index (κ2) is 5.84. The van der Waals surface area contributed by atoms with E-state index in [0.29, 0.717) is 23.6 Å². The van der Waals surface area contributed by atoms with Crippen LogP contribution < -0.4 is 9.46 Å². The topological polar surface area (TPSA) is 99.0 Å². The lowest BCUT2D eigenvalue weighted by atomic mass is 10.2. The van der Waals surface area contributed by atoms with Crippen molar-refractivity contribution in [1.82, 2.24) is 20.0 Å². The molecule has 0 aliphatic carbocycles. The standard InChI is InChI=1S/C14H15N5O3S/c1-3-22-12-7-6-11(14-10(12)5-4-8-15-14)18-23(20,21)13-9-16-19(2)17-13/h4-9,18H,3H2,1-2H3. The molecule has 3 rings (SSSR count). The molecule has 8 nitrogen and oxygen atoms in total. The lowest BCUT2D eigenvalue weighted by Crippen LogP contribution is -2.14. The molecule has 0 radical (unpaired) electrons. The first kappa shape index (κ1) is 15.2. The van der Waals surface area contributed by atoms with Gasteiger partial charge < -0.3 is 4.74 Å². The van der Waals surface area contributed by atoms with Gasteiger partial charge in [-0.1, -0.05) is 0 Å². The Balaban J connectivity index is 2.06. The number of hydrogen-bond acceptors (Lipinski definition) is 6. The summed E-state index contributed by atoms with van der Waals surface area (Å²) in [6, 6.07) is 6.93. The first-order valence-electron chi connectivity index (χ1n) is 6.91. The van der Waals surface area contributed by atoms with Crippen molar-refractivity contribution in [3.8, 4) is 5.75 Å². The minimum absolute atomic E-state index is 0.155. The van der Waals surface area contributed by atoms with E-state index in [1.165, 1.54) is 11.0 Å². The van der Waals surface area contributed by atoms with Crippen LogP contribution in [0.15, 0.2) is 41.7 Å². The molecule has 0 bridgehead atoms. The van der Waals surface area contributed by atoms with Crippen LogP contribution in [0, 0.1) is 0 Å². The quantitative estimate of drug-likeness (QED) is 0.761. The minimum Gasteiger partial charge on any atom is -0.493 e. The van der Waals surface area contributed by atoms with E-state index >= 15 is 0 Å². The van der Waals surface area contributed by atoms with Crippen LogP contribution in [0.4, 0.5) is 5.69 Å². The molecule has 1 N–H and O–H groups in total. The summed E-state index contributed by atoms with van der Waals surface area (Å²) in [6.45, 7) is 2.39. The van der Waals surface area contributed by atoms with E-state index < -0.39 is 10.0 Å². The van der Waals surface area contributed by atoms with E-state index in [4.69, 9.17) is 4.74 Å². The average Bonchev–Trinajstić information content (AvgIpc) is 2.97. The molecule has 23 heavy (non-hydrogen) atoms. The summed E-state index contributed by atoms with van der Waals surface area (Å²) < 4.78 is 32.8. The van der Waals surface area contributed by atoms with Crippen LogP contribution in [0.25, 0.3) is 10.9 Å². The number of rotatable bonds is 5. The van der Waals surface area contributed by atoms with Crippen molar-refractivity contribution in [3.05, 3.63) is 36.7 Å². The van der Waals surface area contributed by atoms with Crippen molar-refractivity contribution in [2.24, 2.45) is 7.05 Å². The van der Waals surface area contributed by atoms with Gasteiger partial charge in [-0.25, -0.2) is 0 Å². The number of nitrogens with zero attached hydrogens (tertiary/aromatic N) is 4. The summed E-state index contributed by atoms with van der Waals surface area (Å²) in [5, 5.41) is 8.17. The maximum absolute atomic E-state index is 12.4. The Kier molecular flexibility index (Phi) is 3.87. The highest BCUT2D eigenvalue weighted by Crippen LogP contribution is 2.31. The lowest BCUT2D eigenvalue weighted by Gasteiger charge is -2.11. The maximum Gasteiger partial charge on any atom is 0.282 e. The molecule has 2 heterocycles. The molecule has 120 valence electrons. The largest absolute Gasteiger partial charge is 0.493 e. The summed E-state index contributed by atoms with van der Waals surface area (Å²) in [5.74, 6) is 0.651. The van der Waals surface area contributed by atoms with Gasteiger partial charge in [0.05, 0.1) is 24.0 Å². The molecule has 3 aromatic rings. The van der Waals surface area contributed by atoms with Gasteiger partial charge in [0, 0.05) is 18.6 Å². The van der Waals surface area contributed by atoms with Crippen LogP contribution in [-0.2, 0) is 17.1 Å². The zero-order chi connectivity index (χ0) is 16.4. The second-order valence-electron chi connectivity index (χ2n) is 4.72. The fraction of sp³-hybridized carbons (Fsp3) is 0.214. The SMILES string of the molecule is CCOc1ccc(NS(=O)(=O)c2cnn(C)n2)c2ncccc12. The van der Waals surface area contributed by atoms with Crippen molar-refractivity contribution in [1.29, 1.82) is 0 Å². The number of anilines is 1. The van der Waals surface area contributed by atoms with Crippen molar-refractivity contribution >= 4 is 26.6 Å². The number of benzene rings is 1. The number of aryl methyl sites for hydroxylation is 1. The molecule has 0 aliphatic rings. The Morgan fingerprint density at radius 2 is 2.13 bits per heavy atom. The number of pyridine rings is 1. The maximum atomic E-state index is 12.4. The van der Waals surface area contributed by atoms with Gasteiger partial charge in [0.25, 0.3) is 10.0 Å². The average molecular weight is 333 g/mol. The summed E-state index contributed by atoms with van der Waals surface area (Å²) in [6.07, 6.45) is 2.78. The first-order valence-corrected chi connectivity index (χ1v) is 8.39. The number of aromatic nitrogens is 4. The van der Waals surface area contributed by atoms with Crippen LogP contribution in [-0.4, -0.2) is 35.0 Å². The highest BCUT2D eigenvalue weighted by atomic mass is 32.2. The molecule has 0 fully saturated rings. The van der Waals surface area contributed by atoms with Crippen molar-refractivity contribution in [2.45, 2.75) is 11.9 Å². The van der Waals surface area contributed by atoms with Gasteiger partial charge in [0.15, 0.2) is 0 Å². The summed E-state index contributed by atoms with van der Waals surface area (Å²) in [4.78, 5) is 5.44. The molecule has 2 aromatic heterocycles. The molecule has 0 spiro atoms. The molecule has 0 saturated heterocycles. The number of fused-ring (bicyclic) bond motifs is 1. The van der Waals surface area contributed by atoms with E-state index in [2.05, 4.69) is 19.9 Å². The highest BCUT2D eigenvalue weighted by Gasteiger charge is 2.20. The highest BCUT2D eigenvalue weighted by molar-refractivity contribution is 7.92. The summed E-state index contributed by atoms with van der Waals surface area (Å²) in [5.41, 5.74) is 0.862. The fourth-order valence-corrected chi connectivity index (χ4v) is 3.13. The smallest absolute Gasteiger partial charge is 0.282 e. The third kappa shape index (κ3) is 2.95. The van der Waals surface area contributed by atoms with Crippen LogP contribution in [0.3, 0.4) is 0 Å². The van der Waals surface area contributed by atoms with Gasteiger partial charge in [-0.15, -0.1) is 5.10 Å². The van der Waals surface area contributed by atoms with Crippen LogP contribution in [0.2, 0.25) is 0 Å². The zero-order valence-corrected chi connectivity index (χ0v) is 13.4. The molecule has 9 heteroatoms. The van der Waals surface area contributed by atoms with Gasteiger partial charge in [-0.2, -0.15) is 18.3 Å². The molecule has 0 amide bonds. The van der Waals surface area contributed by atoms with E-state index in [-0.39, 0.29) is 5.03 Å². The van der Waals surface area contributed by atoms with E-state index in [1.54, 1.807) is 31.4 Å². The van der Waals surface area contributed by atoms with Gasteiger partial charge >= 0.3 is 0 Å². The number of ether oxygens (including phenoxy) is 1. The number of nitrogens with one attached hydrogen (secondary N) is 1. The Morgan fingerprint density at radius 1 is 1.30 bits per heavy atom. The summed E-state index contributed by atoms with van der Waals surface area (Å²) >= 11 is 0. The lowest BCUT2D eigenvalue weighted by molar-refractivity contribution is 0.344. The predicted molar refractivity (Wildman–Crippen MR) is 84.7 cm³/mol. The van der Waals surface area contributed by atoms with Crippen LogP contribution in [0.1, 0.15) is 6.92 Å². The molecular formula is C14H15N5O3S. The van der Waals surface area contributed by atoms with Gasteiger partial charge in [-0.05, 0) is 31.2 Å². The molecule has 1 aromatic carbocycles. The molecule has 0 saturated carbocycles. The van der Waals surface area contributed by atoms with Crippen LogP contribution >= 0.6 is 0 Å². The van der Waals surface area contributed by atoms with Crippen molar-refractivity contribution < 1.29 is 13.2 Å². The number of hydrogen-bond donors (Lipinski definition) is 1. The zero-order valence-electron chi connectivity index (χ0n) is 12.6. The van der Waals surface area contributed by atoms with Crippen molar-refractivity contribution in [3.63, 3.8) is 0 Å². The normalized spacial score (nSPS) is 11.6. The van der Waals surface area contributed by atoms with E-state index in [9.17, 15) is 8.42 Å². The minimum atomic E-state index is -3.83. The van der Waals surface area contributed by atoms with Crippen molar-refractivity contribution in [2.75, 3.05) is 11.3 Å². The fourth-order valence-electron chi connectivity index (χ4n) is 2.16. The van der Waals surface area contributed by atoms with Gasteiger partial charge in [0.2, 0.25) is 5.03 Å². The summed E-state index contributed by atoms with van der Waals surface area (Å²) in [7, 11) is -2.29. The number of sulfonamides is 1. The van der Waals surface area contributed by atoms with Gasteiger partial charge in [-0.3, -0.25) is 9.71 Å². The van der Waals surface area contributed by atoms with E-state index in [0.717, 1.165) is 5.39 Å². The Labute approximate surface area is 133 Å².